The van der Waals surface area contributed by atoms with Gasteiger partial charge in [0.1, 0.15) is 0 Å². The molecule has 0 saturated carbocycles. The molecule has 0 bridgehead atoms. The summed E-state index contributed by atoms with van der Waals surface area (Å²) in [5.41, 5.74) is 5.55. The maximum atomic E-state index is 13.3. The summed E-state index contributed by atoms with van der Waals surface area (Å²) in [5, 5.41) is 5.16. The summed E-state index contributed by atoms with van der Waals surface area (Å²) < 4.78 is 1.75. The van der Waals surface area contributed by atoms with E-state index < -0.39 is 0 Å². The van der Waals surface area contributed by atoms with E-state index in [2.05, 4.69) is 25.0 Å². The van der Waals surface area contributed by atoms with Gasteiger partial charge in [-0.2, -0.15) is 5.10 Å². The molecule has 1 amide bonds. The summed E-state index contributed by atoms with van der Waals surface area (Å²) in [5.74, 6) is 0.0447. The second-order valence-corrected chi connectivity index (χ2v) is 7.05. The summed E-state index contributed by atoms with van der Waals surface area (Å²) in [7, 11) is 1.88. The molecule has 5 heteroatoms. The Balaban J connectivity index is 2.29. The number of aromatic nitrogens is 3. The van der Waals surface area contributed by atoms with E-state index in [9.17, 15) is 4.79 Å². The molecule has 0 atom stereocenters. The third-order valence-electron chi connectivity index (χ3n) is 4.96. The molecule has 0 aliphatic rings. The van der Waals surface area contributed by atoms with Crippen molar-refractivity contribution in [1.82, 2.24) is 19.7 Å². The van der Waals surface area contributed by atoms with Crippen molar-refractivity contribution >= 4 is 16.8 Å². The molecule has 0 saturated heterocycles. The van der Waals surface area contributed by atoms with Crippen LogP contribution in [0.2, 0.25) is 0 Å². The summed E-state index contributed by atoms with van der Waals surface area (Å²) in [6.45, 7) is 10.9. The van der Waals surface area contributed by atoms with Crippen LogP contribution in [0.3, 0.4) is 0 Å². The van der Waals surface area contributed by atoms with Crippen molar-refractivity contribution in [1.29, 1.82) is 0 Å². The largest absolute Gasteiger partial charge is 0.336 e. The molecule has 0 fully saturated rings. The summed E-state index contributed by atoms with van der Waals surface area (Å²) in [4.78, 5) is 20.0. The molecule has 0 spiro atoms. The van der Waals surface area contributed by atoms with Gasteiger partial charge < -0.3 is 4.90 Å². The number of hydrogen-bond acceptors (Lipinski definition) is 3. The van der Waals surface area contributed by atoms with E-state index in [1.165, 1.54) is 5.56 Å². The minimum Gasteiger partial charge on any atom is -0.336 e. The third kappa shape index (κ3) is 3.09. The lowest BCUT2D eigenvalue weighted by Crippen LogP contribution is -2.36. The molecule has 3 aromatic rings. The minimum absolute atomic E-state index is 0.0447. The van der Waals surface area contributed by atoms with Gasteiger partial charge in [-0.3, -0.25) is 9.48 Å². The fourth-order valence-electron chi connectivity index (χ4n) is 3.31. The lowest BCUT2D eigenvalue weighted by atomic mass is 9.99. The van der Waals surface area contributed by atoms with Crippen molar-refractivity contribution < 1.29 is 4.79 Å². The number of nitrogens with zero attached hydrogens (tertiary/aromatic N) is 4. The molecule has 1 aromatic carbocycles. The van der Waals surface area contributed by atoms with Crippen molar-refractivity contribution in [2.75, 3.05) is 6.54 Å². The molecule has 2 heterocycles. The quantitative estimate of drug-likeness (QED) is 0.711. The first kappa shape index (κ1) is 18.1. The van der Waals surface area contributed by atoms with Gasteiger partial charge in [-0.15, -0.1) is 0 Å². The molecule has 0 aliphatic carbocycles. The van der Waals surface area contributed by atoms with Gasteiger partial charge in [0.2, 0.25) is 0 Å². The Morgan fingerprint density at radius 2 is 2.00 bits per heavy atom. The fourth-order valence-corrected chi connectivity index (χ4v) is 3.31. The molecule has 0 N–H and O–H groups in total. The predicted octanol–water partition coefficient (Wildman–Crippen LogP) is 4.12. The Morgan fingerprint density at radius 1 is 1.27 bits per heavy atom. The van der Waals surface area contributed by atoms with E-state index in [0.717, 1.165) is 27.7 Å². The highest BCUT2D eigenvalue weighted by molar-refractivity contribution is 6.08. The number of carbonyl (C=O) groups is 1. The van der Waals surface area contributed by atoms with Crippen molar-refractivity contribution in [3.63, 3.8) is 0 Å². The van der Waals surface area contributed by atoms with Gasteiger partial charge in [-0.25, -0.2) is 4.98 Å². The van der Waals surface area contributed by atoms with Gasteiger partial charge in [0.25, 0.3) is 5.91 Å². The van der Waals surface area contributed by atoms with Crippen LogP contribution < -0.4 is 0 Å². The molecule has 3 rings (SSSR count). The average Bonchev–Trinajstić information content (AvgIpc) is 3.04. The normalized spacial score (nSPS) is 11.3. The van der Waals surface area contributed by atoms with Crippen LogP contribution in [0, 0.1) is 13.8 Å². The maximum Gasteiger partial charge on any atom is 0.254 e. The Bertz CT molecular complexity index is 972. The van der Waals surface area contributed by atoms with E-state index >= 15 is 0 Å². The molecular weight excluding hydrogens is 324 g/mol. The van der Waals surface area contributed by atoms with E-state index in [-0.39, 0.29) is 11.9 Å². The molecule has 2 aromatic heterocycles. The Hall–Kier alpha value is -2.69. The topological polar surface area (TPSA) is 51.0 Å². The number of fused-ring (bicyclic) bond motifs is 1. The van der Waals surface area contributed by atoms with Crippen molar-refractivity contribution in [2.45, 2.75) is 40.7 Å². The van der Waals surface area contributed by atoms with Crippen LogP contribution >= 0.6 is 0 Å². The Kier molecular flexibility index (Phi) is 4.81. The van der Waals surface area contributed by atoms with Crippen LogP contribution in [0.1, 0.15) is 42.3 Å². The lowest BCUT2D eigenvalue weighted by Gasteiger charge is -2.26. The smallest absolute Gasteiger partial charge is 0.254 e. The zero-order valence-corrected chi connectivity index (χ0v) is 16.4. The van der Waals surface area contributed by atoms with E-state index in [1.807, 2.05) is 51.0 Å². The molecular formula is C21H26N4O. The number of pyridine rings is 1. The standard InChI is InChI=1S/C21H26N4O/c1-7-25(13(2)3)21(26)18-10-19(16-11-22-24(6)12-16)23-20-15(5)14(4)8-9-17(18)20/h8-13H,7H2,1-6H3. The number of rotatable bonds is 4. The number of hydrogen-bond donors (Lipinski definition) is 0. The van der Waals surface area contributed by atoms with Crippen LogP contribution in [0.25, 0.3) is 22.2 Å². The summed E-state index contributed by atoms with van der Waals surface area (Å²) >= 11 is 0. The highest BCUT2D eigenvalue weighted by Gasteiger charge is 2.22. The van der Waals surface area contributed by atoms with Crippen LogP contribution in [-0.4, -0.2) is 38.2 Å². The fraction of sp³-hybridized carbons (Fsp3) is 0.381. The summed E-state index contributed by atoms with van der Waals surface area (Å²) in [6, 6.07) is 6.12. The van der Waals surface area contributed by atoms with Gasteiger partial charge in [-0.05, 0) is 51.8 Å². The number of aryl methyl sites for hydroxylation is 3. The molecule has 0 unspecified atom stereocenters. The van der Waals surface area contributed by atoms with Crippen molar-refractivity contribution in [3.8, 4) is 11.3 Å². The molecule has 5 nitrogen and oxygen atoms in total. The summed E-state index contributed by atoms with van der Waals surface area (Å²) in [6.07, 6.45) is 3.71. The monoisotopic (exact) mass is 350 g/mol. The highest BCUT2D eigenvalue weighted by atomic mass is 16.2. The zero-order valence-electron chi connectivity index (χ0n) is 16.4. The first-order valence-electron chi connectivity index (χ1n) is 9.04. The average molecular weight is 350 g/mol. The molecule has 26 heavy (non-hydrogen) atoms. The van der Waals surface area contributed by atoms with Gasteiger partial charge in [-0.1, -0.05) is 12.1 Å². The molecule has 0 aliphatic heterocycles. The Labute approximate surface area is 154 Å². The van der Waals surface area contributed by atoms with Crippen molar-refractivity contribution in [3.05, 3.63) is 47.3 Å². The zero-order chi connectivity index (χ0) is 19.0. The first-order valence-corrected chi connectivity index (χ1v) is 9.04. The van der Waals surface area contributed by atoms with Gasteiger partial charge >= 0.3 is 0 Å². The first-order chi connectivity index (χ1) is 12.3. The second kappa shape index (κ2) is 6.90. The van der Waals surface area contributed by atoms with Crippen LogP contribution in [-0.2, 0) is 7.05 Å². The minimum atomic E-state index is 0.0447. The van der Waals surface area contributed by atoms with E-state index in [4.69, 9.17) is 4.98 Å². The molecule has 0 radical (unpaired) electrons. The van der Waals surface area contributed by atoms with Crippen LogP contribution in [0.15, 0.2) is 30.6 Å². The van der Waals surface area contributed by atoms with Crippen molar-refractivity contribution in [2.24, 2.45) is 7.05 Å². The maximum absolute atomic E-state index is 13.3. The third-order valence-corrected chi connectivity index (χ3v) is 4.96. The van der Waals surface area contributed by atoms with E-state index in [0.29, 0.717) is 12.1 Å². The second-order valence-electron chi connectivity index (χ2n) is 7.05. The Morgan fingerprint density at radius 3 is 2.58 bits per heavy atom. The number of amides is 1. The molecule has 136 valence electrons. The van der Waals surface area contributed by atoms with Crippen LogP contribution in [0.5, 0.6) is 0 Å². The van der Waals surface area contributed by atoms with Crippen LogP contribution in [0.4, 0.5) is 0 Å². The number of carbonyl (C=O) groups excluding carboxylic acids is 1. The predicted molar refractivity (Wildman–Crippen MR) is 105 cm³/mol. The lowest BCUT2D eigenvalue weighted by molar-refractivity contribution is 0.0719. The van der Waals surface area contributed by atoms with Gasteiger partial charge in [0, 0.05) is 36.8 Å². The van der Waals surface area contributed by atoms with Gasteiger partial charge in [0.15, 0.2) is 0 Å². The highest BCUT2D eigenvalue weighted by Crippen LogP contribution is 2.29. The SMILES string of the molecule is CCN(C(=O)c1cc(-c2cnn(C)c2)nc2c(C)c(C)ccc12)C(C)C. The van der Waals surface area contributed by atoms with E-state index in [1.54, 1.807) is 10.9 Å². The van der Waals surface area contributed by atoms with Gasteiger partial charge in [0.05, 0.1) is 23.0 Å². The number of benzene rings is 1.